The molecule has 0 aliphatic rings. The lowest BCUT2D eigenvalue weighted by molar-refractivity contribution is -0.136. The van der Waals surface area contributed by atoms with E-state index in [2.05, 4.69) is 4.72 Å². The van der Waals surface area contributed by atoms with Crippen LogP contribution in [-0.4, -0.2) is 25.5 Å². The van der Waals surface area contributed by atoms with E-state index < -0.39 is 22.0 Å². The van der Waals surface area contributed by atoms with E-state index in [9.17, 15) is 13.2 Å². The van der Waals surface area contributed by atoms with Gasteiger partial charge < -0.3 is 5.11 Å². The van der Waals surface area contributed by atoms with Gasteiger partial charge in [0, 0.05) is 10.9 Å². The molecule has 1 atom stereocenters. The molecular formula is C11H14N2O4S2. The fourth-order valence-corrected chi connectivity index (χ4v) is 4.09. The van der Waals surface area contributed by atoms with Crippen molar-refractivity contribution in [1.29, 1.82) is 5.26 Å². The van der Waals surface area contributed by atoms with E-state index in [1.54, 1.807) is 6.92 Å². The summed E-state index contributed by atoms with van der Waals surface area (Å²) in [6.07, 6.45) is 0.416. The van der Waals surface area contributed by atoms with Crippen LogP contribution >= 0.6 is 11.3 Å². The maximum absolute atomic E-state index is 12.0. The minimum atomic E-state index is -3.68. The average Bonchev–Trinajstić information content (AvgIpc) is 2.76. The summed E-state index contributed by atoms with van der Waals surface area (Å²) in [4.78, 5) is 11.0. The van der Waals surface area contributed by atoms with Crippen LogP contribution in [0.15, 0.2) is 16.3 Å². The summed E-state index contributed by atoms with van der Waals surface area (Å²) in [5.74, 6) is -1.00. The second kappa shape index (κ2) is 6.65. The molecule has 0 aliphatic heterocycles. The van der Waals surface area contributed by atoms with Gasteiger partial charge in [-0.05, 0) is 18.6 Å². The van der Waals surface area contributed by atoms with E-state index in [4.69, 9.17) is 10.4 Å². The average molecular weight is 302 g/mol. The highest BCUT2D eigenvalue weighted by Gasteiger charge is 2.21. The zero-order valence-electron chi connectivity index (χ0n) is 10.3. The summed E-state index contributed by atoms with van der Waals surface area (Å²) in [5.41, 5.74) is 0. The predicted molar refractivity (Wildman–Crippen MR) is 70.3 cm³/mol. The van der Waals surface area contributed by atoms with Gasteiger partial charge in [0.2, 0.25) is 10.0 Å². The minimum absolute atomic E-state index is 0.0696. The lowest BCUT2D eigenvalue weighted by Gasteiger charge is -2.12. The third-order valence-corrected chi connectivity index (χ3v) is 5.48. The molecule has 0 aliphatic carbocycles. The zero-order valence-corrected chi connectivity index (χ0v) is 11.9. The normalized spacial score (nSPS) is 12.8. The van der Waals surface area contributed by atoms with E-state index in [1.165, 1.54) is 12.1 Å². The summed E-state index contributed by atoms with van der Waals surface area (Å²) in [5, 5.41) is 17.2. The van der Waals surface area contributed by atoms with Crippen molar-refractivity contribution in [3.05, 3.63) is 17.0 Å². The number of sulfonamides is 1. The molecule has 1 heterocycles. The maximum Gasteiger partial charge on any atom is 0.308 e. The van der Waals surface area contributed by atoms with Crippen molar-refractivity contribution in [2.75, 3.05) is 0 Å². The van der Waals surface area contributed by atoms with Crippen LogP contribution in [0.1, 0.15) is 24.6 Å². The Labute approximate surface area is 115 Å². The number of hydrogen-bond acceptors (Lipinski definition) is 5. The van der Waals surface area contributed by atoms with Crippen LogP contribution < -0.4 is 4.72 Å². The smallest absolute Gasteiger partial charge is 0.308 e. The van der Waals surface area contributed by atoms with Crippen LogP contribution in [0.2, 0.25) is 0 Å². The Morgan fingerprint density at radius 2 is 2.26 bits per heavy atom. The molecule has 0 saturated heterocycles. The Hall–Kier alpha value is -1.43. The summed E-state index contributed by atoms with van der Waals surface area (Å²) < 4.78 is 26.5. The Bertz CT molecular complexity index is 586. The fraction of sp³-hybridized carbons (Fsp3) is 0.455. The van der Waals surface area contributed by atoms with Gasteiger partial charge in [-0.2, -0.15) is 5.26 Å². The van der Waals surface area contributed by atoms with Crippen molar-refractivity contribution in [3.63, 3.8) is 0 Å². The monoisotopic (exact) mass is 302 g/mol. The minimum Gasteiger partial charge on any atom is -0.481 e. The second-order valence-electron chi connectivity index (χ2n) is 3.88. The summed E-state index contributed by atoms with van der Waals surface area (Å²) >= 11 is 0.925. The van der Waals surface area contributed by atoms with Crippen molar-refractivity contribution < 1.29 is 18.3 Å². The van der Waals surface area contributed by atoms with Gasteiger partial charge in [0.15, 0.2) is 0 Å². The van der Waals surface area contributed by atoms with Crippen LogP contribution in [0.4, 0.5) is 0 Å². The molecule has 19 heavy (non-hydrogen) atoms. The Balaban J connectivity index is 2.85. The van der Waals surface area contributed by atoms with Gasteiger partial charge in [-0.25, -0.2) is 13.1 Å². The first-order chi connectivity index (χ1) is 8.89. The highest BCUT2D eigenvalue weighted by atomic mass is 32.2. The van der Waals surface area contributed by atoms with Gasteiger partial charge >= 0.3 is 5.97 Å². The largest absolute Gasteiger partial charge is 0.481 e. The molecule has 2 N–H and O–H groups in total. The lowest BCUT2D eigenvalue weighted by atomic mass is 10.2. The maximum atomic E-state index is 12.0. The van der Waals surface area contributed by atoms with Crippen molar-refractivity contribution in [3.8, 4) is 6.07 Å². The van der Waals surface area contributed by atoms with Crippen LogP contribution in [0.3, 0.4) is 0 Å². The molecule has 0 saturated carbocycles. The number of rotatable bonds is 7. The van der Waals surface area contributed by atoms with E-state index >= 15 is 0 Å². The van der Waals surface area contributed by atoms with Crippen molar-refractivity contribution in [2.24, 2.45) is 0 Å². The first-order valence-corrected chi connectivity index (χ1v) is 7.88. The molecule has 0 aromatic carbocycles. The fourth-order valence-electron chi connectivity index (χ4n) is 1.40. The van der Waals surface area contributed by atoms with Gasteiger partial charge in [0.05, 0.1) is 18.9 Å². The predicted octanol–water partition coefficient (Wildman–Crippen LogP) is 1.35. The van der Waals surface area contributed by atoms with Crippen molar-refractivity contribution >= 4 is 27.3 Å². The van der Waals surface area contributed by atoms with Crippen LogP contribution in [0.5, 0.6) is 0 Å². The number of carboxylic acids is 1. The highest BCUT2D eigenvalue weighted by molar-refractivity contribution is 7.91. The molecular weight excluding hydrogens is 288 g/mol. The van der Waals surface area contributed by atoms with Crippen molar-refractivity contribution in [2.45, 2.75) is 36.4 Å². The number of thiophene rings is 1. The second-order valence-corrected chi connectivity index (χ2v) is 6.99. The van der Waals surface area contributed by atoms with Gasteiger partial charge in [-0.1, -0.05) is 6.92 Å². The number of aliphatic carboxylic acids is 1. The summed E-state index contributed by atoms with van der Waals surface area (Å²) in [7, 11) is -3.68. The molecule has 0 bridgehead atoms. The molecule has 0 amide bonds. The number of hydrogen-bond donors (Lipinski definition) is 2. The summed E-state index contributed by atoms with van der Waals surface area (Å²) in [6, 6.07) is 4.36. The molecule has 1 aromatic heterocycles. The van der Waals surface area contributed by atoms with Crippen LogP contribution in [-0.2, 0) is 21.2 Å². The number of nitrogens with zero attached hydrogens (tertiary/aromatic N) is 1. The van der Waals surface area contributed by atoms with Crippen molar-refractivity contribution in [1.82, 2.24) is 4.72 Å². The molecule has 0 spiro atoms. The third kappa shape index (κ3) is 4.63. The Morgan fingerprint density at radius 3 is 2.79 bits per heavy atom. The molecule has 1 rings (SSSR count). The van der Waals surface area contributed by atoms with E-state index in [0.717, 1.165) is 11.3 Å². The highest BCUT2D eigenvalue weighted by Crippen LogP contribution is 2.22. The molecule has 8 heteroatoms. The number of nitriles is 1. The van der Waals surface area contributed by atoms with Crippen LogP contribution in [0, 0.1) is 11.3 Å². The molecule has 0 fully saturated rings. The zero-order chi connectivity index (χ0) is 14.5. The topological polar surface area (TPSA) is 107 Å². The van der Waals surface area contributed by atoms with E-state index in [1.807, 2.05) is 6.07 Å². The molecule has 1 aromatic rings. The van der Waals surface area contributed by atoms with Gasteiger partial charge in [0.1, 0.15) is 4.21 Å². The number of nitrogens with one attached hydrogen (secondary N) is 1. The molecule has 0 radical (unpaired) electrons. The van der Waals surface area contributed by atoms with E-state index in [-0.39, 0.29) is 17.1 Å². The standard InChI is InChI=1S/C11H14N2O4S2/c1-2-8(5-6-12)13-19(16,17)11-4-3-9(18-11)7-10(14)15/h3-4,8,13H,2,5,7H2,1H3,(H,14,15). The number of carbonyl (C=O) groups is 1. The molecule has 104 valence electrons. The van der Waals surface area contributed by atoms with E-state index in [0.29, 0.717) is 11.3 Å². The van der Waals surface area contributed by atoms with Gasteiger partial charge in [-0.15, -0.1) is 11.3 Å². The quantitative estimate of drug-likeness (QED) is 0.790. The summed E-state index contributed by atoms with van der Waals surface area (Å²) in [6.45, 7) is 1.79. The SMILES string of the molecule is CCC(CC#N)NS(=O)(=O)c1ccc(CC(=O)O)s1. The number of carboxylic acid groups (broad SMARTS) is 1. The third-order valence-electron chi connectivity index (χ3n) is 2.38. The first kappa shape index (κ1) is 15.6. The van der Waals surface area contributed by atoms with Crippen LogP contribution in [0.25, 0.3) is 0 Å². The molecule has 1 unspecified atom stereocenters. The Kier molecular flexibility index (Phi) is 5.47. The molecule has 6 nitrogen and oxygen atoms in total. The van der Waals surface area contributed by atoms with Gasteiger partial charge in [-0.3, -0.25) is 4.79 Å². The lowest BCUT2D eigenvalue weighted by Crippen LogP contribution is -2.33. The first-order valence-electron chi connectivity index (χ1n) is 5.58. The van der Waals surface area contributed by atoms with Gasteiger partial charge in [0.25, 0.3) is 0 Å². The Morgan fingerprint density at radius 1 is 1.58 bits per heavy atom.